The van der Waals surface area contributed by atoms with Crippen molar-refractivity contribution >= 4 is 5.91 Å². The van der Waals surface area contributed by atoms with Crippen LogP contribution in [0.3, 0.4) is 0 Å². The summed E-state index contributed by atoms with van der Waals surface area (Å²) in [5, 5.41) is 7.18. The monoisotopic (exact) mass is 169 g/mol. The van der Waals surface area contributed by atoms with E-state index in [1.807, 2.05) is 20.8 Å². The van der Waals surface area contributed by atoms with Gasteiger partial charge in [0.05, 0.1) is 0 Å². The van der Waals surface area contributed by atoms with Crippen molar-refractivity contribution in [1.29, 1.82) is 0 Å². The van der Waals surface area contributed by atoms with Crippen molar-refractivity contribution < 1.29 is 9.21 Å². The fourth-order valence-corrected chi connectivity index (χ4v) is 0.626. The molecule has 0 unspecified atom stereocenters. The summed E-state index contributed by atoms with van der Waals surface area (Å²) in [6.45, 7) is 5.72. The molecule has 0 spiro atoms. The van der Waals surface area contributed by atoms with Gasteiger partial charge in [0.2, 0.25) is 5.89 Å². The second kappa shape index (κ2) is 2.58. The summed E-state index contributed by atoms with van der Waals surface area (Å²) in [5.41, 5.74) is 4.69. The van der Waals surface area contributed by atoms with Crippen LogP contribution in [-0.4, -0.2) is 16.1 Å². The Morgan fingerprint density at radius 2 is 2.00 bits per heavy atom. The number of carbonyl (C=O) groups is 1. The summed E-state index contributed by atoms with van der Waals surface area (Å²) in [4.78, 5) is 10.6. The molecular formula is C7H11N3O2. The van der Waals surface area contributed by atoms with Crippen molar-refractivity contribution in [3.05, 3.63) is 11.8 Å². The normalized spacial score (nSPS) is 11.6. The van der Waals surface area contributed by atoms with Crippen molar-refractivity contribution in [1.82, 2.24) is 10.2 Å². The highest BCUT2D eigenvalue weighted by molar-refractivity contribution is 5.87. The lowest BCUT2D eigenvalue weighted by Crippen LogP contribution is -2.12. The largest absolute Gasteiger partial charge is 0.416 e. The van der Waals surface area contributed by atoms with Crippen LogP contribution in [-0.2, 0) is 5.41 Å². The van der Waals surface area contributed by atoms with E-state index in [1.165, 1.54) is 0 Å². The summed E-state index contributed by atoms with van der Waals surface area (Å²) in [7, 11) is 0. The average Bonchev–Trinajstić information content (AvgIpc) is 2.30. The summed E-state index contributed by atoms with van der Waals surface area (Å²) in [6.07, 6.45) is 0. The van der Waals surface area contributed by atoms with Gasteiger partial charge in [-0.1, -0.05) is 20.8 Å². The van der Waals surface area contributed by atoms with Crippen LogP contribution >= 0.6 is 0 Å². The Bertz CT molecular complexity index is 298. The quantitative estimate of drug-likeness (QED) is 0.662. The summed E-state index contributed by atoms with van der Waals surface area (Å²) >= 11 is 0. The molecule has 1 amide bonds. The molecule has 0 aliphatic carbocycles. The molecule has 5 heteroatoms. The molecule has 0 radical (unpaired) electrons. The third-order valence-corrected chi connectivity index (χ3v) is 1.28. The van der Waals surface area contributed by atoms with Gasteiger partial charge in [-0.05, 0) is 0 Å². The van der Waals surface area contributed by atoms with Gasteiger partial charge in [-0.15, -0.1) is 10.2 Å². The third kappa shape index (κ3) is 1.61. The maximum absolute atomic E-state index is 10.6. The number of nitrogens with zero attached hydrogens (tertiary/aromatic N) is 2. The Morgan fingerprint density at radius 3 is 2.25 bits per heavy atom. The highest BCUT2D eigenvalue weighted by atomic mass is 16.4. The number of hydrogen-bond acceptors (Lipinski definition) is 4. The molecule has 0 bridgehead atoms. The number of amides is 1. The zero-order valence-corrected chi connectivity index (χ0v) is 7.29. The van der Waals surface area contributed by atoms with E-state index in [0.717, 1.165) is 0 Å². The Morgan fingerprint density at radius 1 is 1.42 bits per heavy atom. The SMILES string of the molecule is CC(C)(C)c1nnc(C(N)=O)o1. The van der Waals surface area contributed by atoms with E-state index in [4.69, 9.17) is 10.2 Å². The Kier molecular flexibility index (Phi) is 1.87. The Labute approximate surface area is 70.0 Å². The van der Waals surface area contributed by atoms with Gasteiger partial charge >= 0.3 is 11.8 Å². The molecule has 1 heterocycles. The van der Waals surface area contributed by atoms with Crippen LogP contribution < -0.4 is 5.73 Å². The molecule has 0 aliphatic heterocycles. The predicted molar refractivity (Wildman–Crippen MR) is 41.5 cm³/mol. The van der Waals surface area contributed by atoms with Crippen LogP contribution in [0.4, 0.5) is 0 Å². The lowest BCUT2D eigenvalue weighted by Gasteiger charge is -2.10. The molecular weight excluding hydrogens is 158 g/mol. The highest BCUT2D eigenvalue weighted by Crippen LogP contribution is 2.19. The lowest BCUT2D eigenvalue weighted by atomic mass is 9.97. The second-order valence-electron chi connectivity index (χ2n) is 3.53. The smallest absolute Gasteiger partial charge is 0.306 e. The highest BCUT2D eigenvalue weighted by Gasteiger charge is 2.22. The van der Waals surface area contributed by atoms with E-state index in [0.29, 0.717) is 5.89 Å². The average molecular weight is 169 g/mol. The first kappa shape index (κ1) is 8.70. The first-order valence-corrected chi connectivity index (χ1v) is 3.55. The Balaban J connectivity index is 3.00. The van der Waals surface area contributed by atoms with Crippen molar-refractivity contribution in [2.24, 2.45) is 5.73 Å². The molecule has 0 fully saturated rings. The molecule has 0 atom stereocenters. The van der Waals surface area contributed by atoms with Crippen molar-refractivity contribution in [3.63, 3.8) is 0 Å². The minimum absolute atomic E-state index is 0.139. The number of carbonyl (C=O) groups excluding carboxylic acids is 1. The number of nitrogens with two attached hydrogens (primary N) is 1. The number of hydrogen-bond donors (Lipinski definition) is 1. The zero-order valence-electron chi connectivity index (χ0n) is 7.29. The van der Waals surface area contributed by atoms with Gasteiger partial charge < -0.3 is 10.2 Å². The lowest BCUT2D eigenvalue weighted by molar-refractivity contribution is 0.0964. The van der Waals surface area contributed by atoms with E-state index in [-0.39, 0.29) is 11.3 Å². The van der Waals surface area contributed by atoms with Gasteiger partial charge in [0.15, 0.2) is 0 Å². The molecule has 66 valence electrons. The molecule has 5 nitrogen and oxygen atoms in total. The number of rotatable bonds is 1. The van der Waals surface area contributed by atoms with Gasteiger partial charge in [-0.2, -0.15) is 0 Å². The molecule has 1 rings (SSSR count). The van der Waals surface area contributed by atoms with Crippen LogP contribution in [0.15, 0.2) is 4.42 Å². The van der Waals surface area contributed by atoms with Crippen LogP contribution in [0, 0.1) is 0 Å². The van der Waals surface area contributed by atoms with Gasteiger partial charge in [0.25, 0.3) is 0 Å². The van der Waals surface area contributed by atoms with Crippen LogP contribution in [0.1, 0.15) is 37.3 Å². The van der Waals surface area contributed by atoms with Gasteiger partial charge in [-0.25, -0.2) is 0 Å². The zero-order chi connectivity index (χ0) is 9.35. The number of aromatic nitrogens is 2. The van der Waals surface area contributed by atoms with E-state index in [1.54, 1.807) is 0 Å². The first-order valence-electron chi connectivity index (χ1n) is 3.55. The van der Waals surface area contributed by atoms with Crippen LogP contribution in [0.2, 0.25) is 0 Å². The van der Waals surface area contributed by atoms with Gasteiger partial charge in [0.1, 0.15) is 0 Å². The molecule has 1 aromatic heterocycles. The molecule has 12 heavy (non-hydrogen) atoms. The summed E-state index contributed by atoms with van der Waals surface area (Å²) in [6, 6.07) is 0. The molecule has 0 aliphatic rings. The maximum atomic E-state index is 10.6. The van der Waals surface area contributed by atoms with E-state index < -0.39 is 5.91 Å². The molecule has 0 saturated heterocycles. The van der Waals surface area contributed by atoms with Crippen LogP contribution in [0.5, 0.6) is 0 Å². The predicted octanol–water partition coefficient (Wildman–Crippen LogP) is 0.466. The van der Waals surface area contributed by atoms with Crippen molar-refractivity contribution in [2.45, 2.75) is 26.2 Å². The molecule has 1 aromatic rings. The fraction of sp³-hybridized carbons (Fsp3) is 0.571. The molecule has 2 N–H and O–H groups in total. The van der Waals surface area contributed by atoms with E-state index in [9.17, 15) is 4.79 Å². The Hall–Kier alpha value is -1.39. The third-order valence-electron chi connectivity index (χ3n) is 1.28. The van der Waals surface area contributed by atoms with Gasteiger partial charge in [-0.3, -0.25) is 4.79 Å². The fourth-order valence-electron chi connectivity index (χ4n) is 0.626. The maximum Gasteiger partial charge on any atom is 0.306 e. The standard InChI is InChI=1S/C7H11N3O2/c1-7(2,3)6-10-9-5(12-6)4(8)11/h1-3H3,(H2,8,11). The van der Waals surface area contributed by atoms with E-state index >= 15 is 0 Å². The molecule has 0 saturated carbocycles. The second-order valence-corrected chi connectivity index (χ2v) is 3.53. The minimum atomic E-state index is -0.696. The van der Waals surface area contributed by atoms with Crippen molar-refractivity contribution in [2.75, 3.05) is 0 Å². The molecule has 0 aromatic carbocycles. The van der Waals surface area contributed by atoms with Gasteiger partial charge in [0, 0.05) is 5.41 Å². The van der Waals surface area contributed by atoms with E-state index in [2.05, 4.69) is 10.2 Å². The topological polar surface area (TPSA) is 82.0 Å². The number of primary amides is 1. The summed E-state index contributed by atoms with van der Waals surface area (Å²) in [5.74, 6) is -0.422. The minimum Gasteiger partial charge on any atom is -0.416 e. The first-order chi connectivity index (χ1) is 5.41. The summed E-state index contributed by atoms with van der Waals surface area (Å²) < 4.78 is 5.01. The van der Waals surface area contributed by atoms with Crippen LogP contribution in [0.25, 0.3) is 0 Å². The van der Waals surface area contributed by atoms with Crippen molar-refractivity contribution in [3.8, 4) is 0 Å².